The third kappa shape index (κ3) is 4.75. The predicted octanol–water partition coefficient (Wildman–Crippen LogP) is 1.33. The number of fused-ring (bicyclic) bond motifs is 2. The SMILES string of the molecule is N[C@@H](Cn1c(=O)cnc2ccc(F)cc21)C1CCC(NCc2ncc3c(n2)OCC(=O)N3)CC1. The Hall–Kier alpha value is -3.44. The molecule has 11 heteroatoms. The zero-order chi connectivity index (χ0) is 23.7. The van der Waals surface area contributed by atoms with Gasteiger partial charge in [0.1, 0.15) is 17.3 Å². The summed E-state index contributed by atoms with van der Waals surface area (Å²) in [6.45, 7) is 0.775. The molecule has 0 unspecified atom stereocenters. The maximum absolute atomic E-state index is 13.8. The minimum atomic E-state index is -0.409. The number of rotatable bonds is 6. The minimum Gasteiger partial charge on any atom is -0.466 e. The van der Waals surface area contributed by atoms with E-state index in [4.69, 9.17) is 10.5 Å². The van der Waals surface area contributed by atoms with E-state index in [0.29, 0.717) is 47.6 Å². The molecule has 1 fully saturated rings. The summed E-state index contributed by atoms with van der Waals surface area (Å²) in [6.07, 6.45) is 6.54. The third-order valence-corrected chi connectivity index (χ3v) is 6.55. The Kier molecular flexibility index (Phi) is 6.20. The number of hydrogen-bond donors (Lipinski definition) is 3. The highest BCUT2D eigenvalue weighted by Gasteiger charge is 2.27. The van der Waals surface area contributed by atoms with Crippen LogP contribution >= 0.6 is 0 Å². The number of halogens is 1. The summed E-state index contributed by atoms with van der Waals surface area (Å²) in [6, 6.07) is 4.32. The number of hydrogen-bond acceptors (Lipinski definition) is 8. The Balaban J connectivity index is 1.16. The fourth-order valence-corrected chi connectivity index (χ4v) is 4.67. The quantitative estimate of drug-likeness (QED) is 0.494. The molecule has 0 spiro atoms. The number of nitrogens with two attached hydrogens (primary N) is 1. The lowest BCUT2D eigenvalue weighted by Gasteiger charge is -2.33. The molecule has 2 aromatic heterocycles. The van der Waals surface area contributed by atoms with Crippen LogP contribution in [-0.2, 0) is 17.9 Å². The topological polar surface area (TPSA) is 137 Å². The average molecular weight is 468 g/mol. The first-order valence-corrected chi connectivity index (χ1v) is 11.4. The summed E-state index contributed by atoms with van der Waals surface area (Å²) in [4.78, 5) is 36.5. The van der Waals surface area contributed by atoms with Crippen LogP contribution in [0.4, 0.5) is 10.1 Å². The molecule has 1 aliphatic carbocycles. The monoisotopic (exact) mass is 467 g/mol. The molecule has 1 aromatic carbocycles. The van der Waals surface area contributed by atoms with E-state index in [9.17, 15) is 14.0 Å². The molecular weight excluding hydrogens is 441 g/mol. The number of benzene rings is 1. The van der Waals surface area contributed by atoms with Gasteiger partial charge in [0.15, 0.2) is 6.61 Å². The van der Waals surface area contributed by atoms with Crippen molar-refractivity contribution in [2.45, 2.75) is 50.9 Å². The van der Waals surface area contributed by atoms with Crippen LogP contribution in [0.5, 0.6) is 5.88 Å². The van der Waals surface area contributed by atoms with Crippen LogP contribution in [0.15, 0.2) is 35.4 Å². The van der Waals surface area contributed by atoms with Gasteiger partial charge in [0, 0.05) is 18.6 Å². The van der Waals surface area contributed by atoms with Gasteiger partial charge >= 0.3 is 0 Å². The van der Waals surface area contributed by atoms with Crippen LogP contribution in [0, 0.1) is 11.7 Å². The lowest BCUT2D eigenvalue weighted by molar-refractivity contribution is -0.118. The van der Waals surface area contributed by atoms with Gasteiger partial charge in [-0.05, 0) is 49.8 Å². The van der Waals surface area contributed by atoms with E-state index in [0.717, 1.165) is 25.7 Å². The molecule has 1 aliphatic heterocycles. The van der Waals surface area contributed by atoms with Crippen LogP contribution in [0.25, 0.3) is 11.0 Å². The van der Waals surface area contributed by atoms with Crippen molar-refractivity contribution in [2.24, 2.45) is 11.7 Å². The van der Waals surface area contributed by atoms with E-state index in [1.807, 2.05) is 0 Å². The lowest BCUT2D eigenvalue weighted by Crippen LogP contribution is -2.42. The molecule has 0 saturated heterocycles. The van der Waals surface area contributed by atoms with E-state index >= 15 is 0 Å². The molecule has 4 N–H and O–H groups in total. The van der Waals surface area contributed by atoms with Gasteiger partial charge < -0.3 is 25.7 Å². The maximum atomic E-state index is 13.8. The molecule has 34 heavy (non-hydrogen) atoms. The third-order valence-electron chi connectivity index (χ3n) is 6.55. The number of ether oxygens (including phenoxy) is 1. The number of nitrogens with one attached hydrogen (secondary N) is 2. The molecular formula is C23H26FN7O3. The second-order valence-corrected chi connectivity index (χ2v) is 8.84. The number of anilines is 1. The van der Waals surface area contributed by atoms with Crippen LogP contribution in [0.3, 0.4) is 0 Å². The predicted molar refractivity (Wildman–Crippen MR) is 123 cm³/mol. The van der Waals surface area contributed by atoms with Crippen LogP contribution in [-0.4, -0.2) is 44.1 Å². The van der Waals surface area contributed by atoms with Crippen molar-refractivity contribution in [1.82, 2.24) is 24.8 Å². The van der Waals surface area contributed by atoms with Gasteiger partial charge in [-0.15, -0.1) is 0 Å². The molecule has 0 radical (unpaired) electrons. The molecule has 0 bridgehead atoms. The fourth-order valence-electron chi connectivity index (χ4n) is 4.67. The summed E-state index contributed by atoms with van der Waals surface area (Å²) in [5, 5.41) is 6.17. The Morgan fingerprint density at radius 1 is 1.21 bits per heavy atom. The molecule has 1 atom stereocenters. The molecule has 3 aromatic rings. The molecule has 1 amide bonds. The van der Waals surface area contributed by atoms with Gasteiger partial charge in [-0.2, -0.15) is 4.98 Å². The molecule has 2 aliphatic rings. The number of aromatic nitrogens is 4. The van der Waals surface area contributed by atoms with Crippen molar-refractivity contribution in [3.8, 4) is 5.88 Å². The van der Waals surface area contributed by atoms with Gasteiger partial charge in [0.2, 0.25) is 5.88 Å². The lowest BCUT2D eigenvalue weighted by atomic mass is 9.81. The first kappa shape index (κ1) is 22.4. The van der Waals surface area contributed by atoms with Crippen molar-refractivity contribution in [2.75, 3.05) is 11.9 Å². The first-order chi connectivity index (χ1) is 16.5. The highest BCUT2D eigenvalue weighted by atomic mass is 19.1. The highest BCUT2D eigenvalue weighted by Crippen LogP contribution is 2.28. The minimum absolute atomic E-state index is 0.0441. The number of amides is 1. The summed E-state index contributed by atoms with van der Waals surface area (Å²) in [7, 11) is 0. The number of carbonyl (C=O) groups is 1. The highest BCUT2D eigenvalue weighted by molar-refractivity contribution is 5.94. The van der Waals surface area contributed by atoms with Crippen LogP contribution < -0.4 is 26.7 Å². The largest absolute Gasteiger partial charge is 0.466 e. The standard InChI is InChI=1S/C23H26FN7O3/c24-14-3-6-17-19(7-14)31(22(33)10-27-17)11-16(25)13-1-4-15(5-2-13)26-9-20-28-8-18-23(30-20)34-12-21(32)29-18/h3,6-8,10,13,15-16,26H,1-2,4-5,9,11-12,25H2,(H,29,32)/t13?,15?,16-/m0/s1. The van der Waals surface area contributed by atoms with E-state index in [-0.39, 0.29) is 30.0 Å². The van der Waals surface area contributed by atoms with Crippen LogP contribution in [0.1, 0.15) is 31.5 Å². The van der Waals surface area contributed by atoms with Crippen LogP contribution in [0.2, 0.25) is 0 Å². The zero-order valence-electron chi connectivity index (χ0n) is 18.5. The van der Waals surface area contributed by atoms with Gasteiger partial charge in [-0.25, -0.2) is 14.4 Å². The van der Waals surface area contributed by atoms with E-state index < -0.39 is 5.82 Å². The summed E-state index contributed by atoms with van der Waals surface area (Å²) < 4.78 is 20.6. The normalized spacial score (nSPS) is 20.9. The van der Waals surface area contributed by atoms with Crippen molar-refractivity contribution in [3.05, 3.63) is 52.6 Å². The molecule has 178 valence electrons. The summed E-state index contributed by atoms with van der Waals surface area (Å²) in [5.41, 5.74) is 7.74. The molecule has 3 heterocycles. The second kappa shape index (κ2) is 9.43. The fraction of sp³-hybridized carbons (Fsp3) is 0.435. The molecule has 5 rings (SSSR count). The second-order valence-electron chi connectivity index (χ2n) is 8.84. The Morgan fingerprint density at radius 3 is 2.85 bits per heavy atom. The smallest absolute Gasteiger partial charge is 0.269 e. The summed E-state index contributed by atoms with van der Waals surface area (Å²) >= 11 is 0. The Morgan fingerprint density at radius 2 is 2.03 bits per heavy atom. The van der Waals surface area contributed by atoms with Crippen molar-refractivity contribution >= 4 is 22.6 Å². The van der Waals surface area contributed by atoms with Crippen molar-refractivity contribution < 1.29 is 13.9 Å². The van der Waals surface area contributed by atoms with Gasteiger partial charge in [-0.1, -0.05) is 0 Å². The maximum Gasteiger partial charge on any atom is 0.269 e. The number of carbonyl (C=O) groups excluding carboxylic acids is 1. The number of nitrogens with zero attached hydrogens (tertiary/aromatic N) is 4. The van der Waals surface area contributed by atoms with Gasteiger partial charge in [-0.3, -0.25) is 9.59 Å². The summed E-state index contributed by atoms with van der Waals surface area (Å²) in [5.74, 6) is 0.627. The van der Waals surface area contributed by atoms with Crippen molar-refractivity contribution in [3.63, 3.8) is 0 Å². The molecule has 10 nitrogen and oxygen atoms in total. The van der Waals surface area contributed by atoms with Gasteiger partial charge in [0.05, 0.1) is 30.0 Å². The zero-order valence-corrected chi connectivity index (χ0v) is 18.5. The van der Waals surface area contributed by atoms with Gasteiger partial charge in [0.25, 0.3) is 11.5 Å². The van der Waals surface area contributed by atoms with Crippen molar-refractivity contribution in [1.29, 1.82) is 0 Å². The van der Waals surface area contributed by atoms with E-state index in [2.05, 4.69) is 25.6 Å². The van der Waals surface area contributed by atoms with E-state index in [1.54, 1.807) is 12.3 Å². The molecule has 1 saturated carbocycles. The Labute approximate surface area is 194 Å². The van der Waals surface area contributed by atoms with E-state index in [1.165, 1.54) is 22.9 Å². The average Bonchev–Trinajstić information content (AvgIpc) is 2.84. The Bertz CT molecular complexity index is 1270. The first-order valence-electron chi connectivity index (χ1n) is 11.4.